The molecule has 1 N–H and O–H groups in total. The smallest absolute Gasteiger partial charge is 0.123 e. The lowest BCUT2D eigenvalue weighted by molar-refractivity contribution is 0.162. The second-order valence-electron chi connectivity index (χ2n) is 6.00. The number of rotatable bonds is 3. The Morgan fingerprint density at radius 1 is 1.32 bits per heavy atom. The molecular formula is C16H23FN2. The maximum absolute atomic E-state index is 13.2. The summed E-state index contributed by atoms with van der Waals surface area (Å²) in [5.41, 5.74) is 1.05. The van der Waals surface area contributed by atoms with Gasteiger partial charge in [-0.2, -0.15) is 0 Å². The Hall–Kier alpha value is -0.930. The van der Waals surface area contributed by atoms with Crippen molar-refractivity contribution in [3.05, 3.63) is 35.6 Å². The van der Waals surface area contributed by atoms with Gasteiger partial charge >= 0.3 is 0 Å². The molecule has 3 heteroatoms. The van der Waals surface area contributed by atoms with E-state index in [1.165, 1.54) is 44.8 Å². The molecule has 0 saturated carbocycles. The number of nitrogens with zero attached hydrogens (tertiary/aromatic N) is 1. The van der Waals surface area contributed by atoms with E-state index in [1.54, 1.807) is 12.1 Å². The summed E-state index contributed by atoms with van der Waals surface area (Å²) in [6.07, 6.45) is 5.18. The summed E-state index contributed by atoms with van der Waals surface area (Å²) in [7, 11) is 0. The largest absolute Gasteiger partial charge is 0.307 e. The van der Waals surface area contributed by atoms with E-state index in [0.29, 0.717) is 6.04 Å². The van der Waals surface area contributed by atoms with E-state index in [9.17, 15) is 4.39 Å². The van der Waals surface area contributed by atoms with Crippen molar-refractivity contribution in [2.45, 2.75) is 50.7 Å². The first-order valence-electron chi connectivity index (χ1n) is 7.48. The minimum absolute atomic E-state index is 0.142. The van der Waals surface area contributed by atoms with Crippen molar-refractivity contribution in [3.8, 4) is 0 Å². The molecule has 0 spiro atoms. The molecule has 1 aromatic rings. The molecule has 0 aromatic heterocycles. The van der Waals surface area contributed by atoms with Crippen LogP contribution >= 0.6 is 0 Å². The quantitative estimate of drug-likeness (QED) is 0.900. The molecule has 2 aliphatic rings. The SMILES string of the molecule is C[C@@H](NC1CCN2CCCC2C1)c1cccc(F)c1. The maximum Gasteiger partial charge on any atom is 0.123 e. The second kappa shape index (κ2) is 5.59. The third-order valence-corrected chi connectivity index (χ3v) is 4.65. The molecule has 2 heterocycles. The van der Waals surface area contributed by atoms with Gasteiger partial charge in [0.25, 0.3) is 0 Å². The Bertz CT molecular complexity index is 435. The van der Waals surface area contributed by atoms with Crippen molar-refractivity contribution in [3.63, 3.8) is 0 Å². The van der Waals surface area contributed by atoms with Gasteiger partial charge in [0.05, 0.1) is 0 Å². The van der Waals surface area contributed by atoms with Gasteiger partial charge in [0, 0.05) is 18.1 Å². The van der Waals surface area contributed by atoms with Gasteiger partial charge < -0.3 is 10.2 Å². The fraction of sp³-hybridized carbons (Fsp3) is 0.625. The van der Waals surface area contributed by atoms with Crippen LogP contribution < -0.4 is 5.32 Å². The van der Waals surface area contributed by atoms with Gasteiger partial charge in [-0.05, 0) is 63.4 Å². The number of nitrogens with one attached hydrogen (secondary N) is 1. The lowest BCUT2D eigenvalue weighted by atomic mass is 9.96. The molecule has 3 rings (SSSR count). The summed E-state index contributed by atoms with van der Waals surface area (Å²) in [5.74, 6) is -0.142. The predicted molar refractivity (Wildman–Crippen MR) is 75.6 cm³/mol. The predicted octanol–water partition coefficient (Wildman–Crippen LogP) is 3.10. The van der Waals surface area contributed by atoms with Crippen molar-refractivity contribution < 1.29 is 4.39 Å². The van der Waals surface area contributed by atoms with Crippen LogP contribution in [0.15, 0.2) is 24.3 Å². The van der Waals surface area contributed by atoms with Crippen molar-refractivity contribution in [1.29, 1.82) is 0 Å². The number of benzene rings is 1. The Balaban J connectivity index is 1.59. The average molecular weight is 262 g/mol. The van der Waals surface area contributed by atoms with Crippen LogP contribution in [0, 0.1) is 5.82 Å². The number of hydrogen-bond donors (Lipinski definition) is 1. The molecule has 2 aliphatic heterocycles. The van der Waals surface area contributed by atoms with E-state index in [4.69, 9.17) is 0 Å². The fourth-order valence-electron chi connectivity index (χ4n) is 3.60. The highest BCUT2D eigenvalue weighted by Crippen LogP contribution is 2.28. The molecule has 3 atom stereocenters. The molecule has 0 amide bonds. The Morgan fingerprint density at radius 3 is 3.05 bits per heavy atom. The maximum atomic E-state index is 13.2. The molecule has 19 heavy (non-hydrogen) atoms. The van der Waals surface area contributed by atoms with Gasteiger partial charge in [0.2, 0.25) is 0 Å². The van der Waals surface area contributed by atoms with Crippen LogP contribution in [-0.2, 0) is 0 Å². The van der Waals surface area contributed by atoms with Crippen molar-refractivity contribution in [2.75, 3.05) is 13.1 Å². The first kappa shape index (κ1) is 13.1. The van der Waals surface area contributed by atoms with Gasteiger partial charge in [-0.3, -0.25) is 0 Å². The minimum atomic E-state index is -0.142. The molecule has 2 saturated heterocycles. The van der Waals surface area contributed by atoms with Crippen molar-refractivity contribution in [2.24, 2.45) is 0 Å². The van der Waals surface area contributed by atoms with E-state index in [2.05, 4.69) is 17.1 Å². The molecule has 0 aliphatic carbocycles. The zero-order valence-electron chi connectivity index (χ0n) is 11.6. The second-order valence-corrected chi connectivity index (χ2v) is 6.00. The summed E-state index contributed by atoms with van der Waals surface area (Å²) >= 11 is 0. The van der Waals surface area contributed by atoms with Crippen molar-refractivity contribution >= 4 is 0 Å². The van der Waals surface area contributed by atoms with Crippen LogP contribution in [-0.4, -0.2) is 30.1 Å². The van der Waals surface area contributed by atoms with Gasteiger partial charge in [-0.25, -0.2) is 4.39 Å². The van der Waals surface area contributed by atoms with Crippen LogP contribution in [0.2, 0.25) is 0 Å². The van der Waals surface area contributed by atoms with E-state index in [0.717, 1.165) is 11.6 Å². The molecule has 2 nitrogen and oxygen atoms in total. The third kappa shape index (κ3) is 2.98. The van der Waals surface area contributed by atoms with Crippen LogP contribution in [0.3, 0.4) is 0 Å². The number of hydrogen-bond acceptors (Lipinski definition) is 2. The van der Waals surface area contributed by atoms with Crippen LogP contribution in [0.1, 0.15) is 44.2 Å². The number of halogens is 1. The lowest BCUT2D eigenvalue weighted by Crippen LogP contribution is -2.46. The normalized spacial score (nSPS) is 29.2. The fourth-order valence-corrected chi connectivity index (χ4v) is 3.60. The Morgan fingerprint density at radius 2 is 2.21 bits per heavy atom. The molecule has 0 bridgehead atoms. The van der Waals surface area contributed by atoms with Crippen molar-refractivity contribution in [1.82, 2.24) is 10.2 Å². The molecule has 0 radical (unpaired) electrons. The van der Waals surface area contributed by atoms with Gasteiger partial charge in [0.15, 0.2) is 0 Å². The molecule has 1 aromatic carbocycles. The summed E-state index contributed by atoms with van der Waals surface area (Å²) in [6, 6.07) is 8.54. The topological polar surface area (TPSA) is 15.3 Å². The highest BCUT2D eigenvalue weighted by atomic mass is 19.1. The summed E-state index contributed by atoms with van der Waals surface area (Å²) < 4.78 is 13.2. The van der Waals surface area contributed by atoms with Gasteiger partial charge in [-0.1, -0.05) is 12.1 Å². The monoisotopic (exact) mass is 262 g/mol. The number of fused-ring (bicyclic) bond motifs is 1. The summed E-state index contributed by atoms with van der Waals surface area (Å²) in [5, 5.41) is 3.68. The Labute approximate surface area is 115 Å². The highest BCUT2D eigenvalue weighted by molar-refractivity contribution is 5.19. The zero-order valence-corrected chi connectivity index (χ0v) is 11.6. The van der Waals surface area contributed by atoms with E-state index in [1.807, 2.05) is 6.07 Å². The van der Waals surface area contributed by atoms with Gasteiger partial charge in [0.1, 0.15) is 5.82 Å². The highest BCUT2D eigenvalue weighted by Gasteiger charge is 2.31. The minimum Gasteiger partial charge on any atom is -0.307 e. The molecular weight excluding hydrogens is 239 g/mol. The summed E-state index contributed by atoms with van der Waals surface area (Å²) in [4.78, 5) is 2.63. The first-order valence-corrected chi connectivity index (χ1v) is 7.48. The molecule has 2 unspecified atom stereocenters. The standard InChI is InChI=1S/C16H23FN2/c1-12(13-4-2-5-14(17)10-13)18-15-7-9-19-8-3-6-16(19)11-15/h2,4-5,10,12,15-16,18H,3,6-9,11H2,1H3/t12-,15?,16?/m1/s1. The van der Waals surface area contributed by atoms with E-state index >= 15 is 0 Å². The van der Waals surface area contributed by atoms with E-state index in [-0.39, 0.29) is 11.9 Å². The molecule has 104 valence electrons. The third-order valence-electron chi connectivity index (χ3n) is 4.65. The summed E-state index contributed by atoms with van der Waals surface area (Å²) in [6.45, 7) is 4.64. The van der Waals surface area contributed by atoms with Crippen LogP contribution in [0.4, 0.5) is 4.39 Å². The van der Waals surface area contributed by atoms with Crippen LogP contribution in [0.5, 0.6) is 0 Å². The Kier molecular flexibility index (Phi) is 3.85. The van der Waals surface area contributed by atoms with Crippen LogP contribution in [0.25, 0.3) is 0 Å². The first-order chi connectivity index (χ1) is 9.22. The lowest BCUT2D eigenvalue weighted by Gasteiger charge is -2.36. The molecule has 2 fully saturated rings. The van der Waals surface area contributed by atoms with E-state index < -0.39 is 0 Å². The van der Waals surface area contributed by atoms with Gasteiger partial charge in [-0.15, -0.1) is 0 Å². The zero-order chi connectivity index (χ0) is 13.2. The number of piperidine rings is 1. The average Bonchev–Trinajstić information content (AvgIpc) is 2.86.